The third kappa shape index (κ3) is 3.90. The summed E-state index contributed by atoms with van der Waals surface area (Å²) in [6.45, 7) is 9.35. The molecular weight excluding hydrogens is 394 g/mol. The topological polar surface area (TPSA) is 82.2 Å². The number of allylic oxidation sites excluding steroid dienone is 1. The second kappa shape index (κ2) is 8.74. The van der Waals surface area contributed by atoms with Crippen molar-refractivity contribution in [1.29, 1.82) is 5.26 Å². The smallest absolute Gasteiger partial charge is 0.281 e. The standard InChI is InChI=1S/C20H22ClN5OS/c1-4-8-24-16-6-5-15(21)18(13(16)3)25-19-14(10-22)20(27)26(28-19)17-7-9-23-11-12(17)2/h4-6,8,12,17,23,25H,1,7,9,11H2,2-3H3/b24-8-/t12-,17+/m0/s1. The first kappa shape index (κ1) is 20.3. The van der Waals surface area contributed by atoms with Crippen molar-refractivity contribution >= 4 is 45.7 Å². The van der Waals surface area contributed by atoms with Gasteiger partial charge >= 0.3 is 0 Å². The highest BCUT2D eigenvalue weighted by Crippen LogP contribution is 2.37. The number of aliphatic imine (C=N–C) groups is 1. The number of nitrogens with one attached hydrogen (secondary N) is 2. The van der Waals surface area contributed by atoms with Crippen LogP contribution in [-0.2, 0) is 0 Å². The monoisotopic (exact) mass is 415 g/mol. The lowest BCUT2D eigenvalue weighted by atomic mass is 9.96. The number of hydrogen-bond acceptors (Lipinski definition) is 6. The molecule has 1 aromatic heterocycles. The van der Waals surface area contributed by atoms with E-state index < -0.39 is 0 Å². The van der Waals surface area contributed by atoms with Gasteiger partial charge in [-0.1, -0.05) is 31.2 Å². The Bertz CT molecular complexity index is 1020. The van der Waals surface area contributed by atoms with E-state index in [2.05, 4.69) is 35.2 Å². The zero-order chi connectivity index (χ0) is 20.3. The van der Waals surface area contributed by atoms with Crippen molar-refractivity contribution in [2.75, 3.05) is 18.4 Å². The van der Waals surface area contributed by atoms with Gasteiger partial charge in [0.1, 0.15) is 11.1 Å². The van der Waals surface area contributed by atoms with E-state index in [1.807, 2.05) is 13.0 Å². The van der Waals surface area contributed by atoms with Crippen molar-refractivity contribution < 1.29 is 0 Å². The number of benzene rings is 1. The summed E-state index contributed by atoms with van der Waals surface area (Å²) in [6, 6.07) is 5.71. The van der Waals surface area contributed by atoms with E-state index in [0.29, 0.717) is 21.6 Å². The molecule has 1 fully saturated rings. The van der Waals surface area contributed by atoms with Gasteiger partial charge in [0.2, 0.25) is 0 Å². The van der Waals surface area contributed by atoms with Crippen molar-refractivity contribution in [2.45, 2.75) is 26.3 Å². The molecule has 1 aliphatic rings. The third-order valence-electron chi connectivity index (χ3n) is 4.93. The maximum absolute atomic E-state index is 12.9. The summed E-state index contributed by atoms with van der Waals surface area (Å²) in [7, 11) is 0. The van der Waals surface area contributed by atoms with Crippen molar-refractivity contribution in [3.8, 4) is 6.07 Å². The van der Waals surface area contributed by atoms with Crippen LogP contribution in [0.4, 0.5) is 16.4 Å². The van der Waals surface area contributed by atoms with Gasteiger partial charge in [-0.25, -0.2) is 0 Å². The molecule has 0 bridgehead atoms. The minimum absolute atomic E-state index is 0.0847. The van der Waals surface area contributed by atoms with E-state index in [9.17, 15) is 10.1 Å². The van der Waals surface area contributed by atoms with Crippen LogP contribution >= 0.6 is 23.1 Å². The second-order valence-corrected chi connectivity index (χ2v) is 8.17. The maximum Gasteiger partial charge on any atom is 0.281 e. The first-order valence-corrected chi connectivity index (χ1v) is 10.2. The number of nitrogens with zero attached hydrogens (tertiary/aromatic N) is 3. The lowest BCUT2D eigenvalue weighted by Crippen LogP contribution is -2.38. The summed E-state index contributed by atoms with van der Waals surface area (Å²) in [5.74, 6) is 0.311. The summed E-state index contributed by atoms with van der Waals surface area (Å²) < 4.78 is 1.73. The Labute approximate surface area is 173 Å². The molecule has 6 nitrogen and oxygen atoms in total. The molecule has 2 aromatic rings. The number of halogens is 1. The van der Waals surface area contributed by atoms with Gasteiger partial charge in [0.25, 0.3) is 5.56 Å². The first-order chi connectivity index (χ1) is 13.5. The van der Waals surface area contributed by atoms with Gasteiger partial charge in [-0.3, -0.25) is 13.7 Å². The predicted molar refractivity (Wildman–Crippen MR) is 117 cm³/mol. The minimum Gasteiger partial charge on any atom is -0.343 e. The van der Waals surface area contributed by atoms with Gasteiger partial charge in [-0.15, -0.1) is 0 Å². The van der Waals surface area contributed by atoms with Crippen LogP contribution in [0.1, 0.15) is 30.5 Å². The maximum atomic E-state index is 12.9. The fourth-order valence-electron chi connectivity index (χ4n) is 3.35. The van der Waals surface area contributed by atoms with Crippen LogP contribution in [0.2, 0.25) is 5.02 Å². The third-order valence-corrected chi connectivity index (χ3v) is 6.36. The van der Waals surface area contributed by atoms with E-state index in [1.165, 1.54) is 11.5 Å². The average molecular weight is 416 g/mol. The molecule has 3 rings (SSSR count). The zero-order valence-electron chi connectivity index (χ0n) is 15.8. The number of piperidine rings is 1. The van der Waals surface area contributed by atoms with Crippen LogP contribution in [0, 0.1) is 24.2 Å². The lowest BCUT2D eigenvalue weighted by Gasteiger charge is -2.29. The molecule has 0 spiro atoms. The molecule has 146 valence electrons. The number of aromatic nitrogens is 1. The molecule has 8 heteroatoms. The van der Waals surface area contributed by atoms with Crippen LogP contribution in [0.3, 0.4) is 0 Å². The Kier molecular flexibility index (Phi) is 6.35. The Balaban J connectivity index is 2.03. The molecule has 2 N–H and O–H groups in total. The zero-order valence-corrected chi connectivity index (χ0v) is 17.4. The predicted octanol–water partition coefficient (Wildman–Crippen LogP) is 4.55. The van der Waals surface area contributed by atoms with Gasteiger partial charge < -0.3 is 10.6 Å². The van der Waals surface area contributed by atoms with Gasteiger partial charge in [-0.05, 0) is 61.6 Å². The normalized spacial score (nSPS) is 19.5. The second-order valence-electron chi connectivity index (χ2n) is 6.78. The van der Waals surface area contributed by atoms with E-state index >= 15 is 0 Å². The molecule has 0 amide bonds. The molecule has 1 saturated heterocycles. The first-order valence-electron chi connectivity index (χ1n) is 9.05. The summed E-state index contributed by atoms with van der Waals surface area (Å²) in [5, 5.41) is 17.2. The van der Waals surface area contributed by atoms with E-state index in [1.54, 1.807) is 22.3 Å². The summed E-state index contributed by atoms with van der Waals surface area (Å²) in [4.78, 5) is 17.2. The van der Waals surface area contributed by atoms with E-state index in [4.69, 9.17) is 11.6 Å². The summed E-state index contributed by atoms with van der Waals surface area (Å²) >= 11 is 7.68. The fraction of sp³-hybridized carbons (Fsp3) is 0.350. The molecular formula is C20H22ClN5OS. The highest BCUT2D eigenvalue weighted by atomic mass is 35.5. The molecule has 1 aliphatic heterocycles. The Hall–Kier alpha value is -2.40. The number of hydrogen-bond donors (Lipinski definition) is 2. The largest absolute Gasteiger partial charge is 0.343 e. The molecule has 0 radical (unpaired) electrons. The van der Waals surface area contributed by atoms with E-state index in [-0.39, 0.29) is 17.2 Å². The minimum atomic E-state index is -0.247. The molecule has 2 atom stereocenters. The SMILES string of the molecule is C=C/C=N\c1ccc(Cl)c(Nc2sn([C@@H]3CCNC[C@@H]3C)c(=O)c2C#N)c1C. The number of anilines is 2. The van der Waals surface area contributed by atoms with E-state index in [0.717, 1.165) is 30.8 Å². The van der Waals surface area contributed by atoms with Crippen molar-refractivity contribution in [1.82, 2.24) is 9.27 Å². The van der Waals surface area contributed by atoms with Gasteiger partial charge in [-0.2, -0.15) is 5.26 Å². The molecule has 0 unspecified atom stereocenters. The van der Waals surface area contributed by atoms with Gasteiger partial charge in [0.15, 0.2) is 5.56 Å². The highest BCUT2D eigenvalue weighted by molar-refractivity contribution is 7.11. The number of nitriles is 1. The molecule has 0 saturated carbocycles. The molecule has 0 aliphatic carbocycles. The van der Waals surface area contributed by atoms with Gasteiger partial charge in [0, 0.05) is 6.21 Å². The molecule has 1 aromatic carbocycles. The van der Waals surface area contributed by atoms with Crippen LogP contribution in [0.5, 0.6) is 0 Å². The van der Waals surface area contributed by atoms with Crippen molar-refractivity contribution in [2.24, 2.45) is 10.9 Å². The van der Waals surface area contributed by atoms with Crippen LogP contribution in [0.25, 0.3) is 0 Å². The van der Waals surface area contributed by atoms with Crippen LogP contribution in [-0.4, -0.2) is 23.3 Å². The van der Waals surface area contributed by atoms with Crippen molar-refractivity contribution in [3.05, 3.63) is 51.3 Å². The Morgan fingerprint density at radius 1 is 1.54 bits per heavy atom. The quantitative estimate of drug-likeness (QED) is 0.702. The molecule has 28 heavy (non-hydrogen) atoms. The Morgan fingerprint density at radius 2 is 2.32 bits per heavy atom. The Morgan fingerprint density at radius 3 is 3.00 bits per heavy atom. The lowest BCUT2D eigenvalue weighted by molar-refractivity contribution is 0.283. The van der Waals surface area contributed by atoms with Crippen LogP contribution in [0.15, 0.2) is 34.6 Å². The molecule has 2 heterocycles. The highest BCUT2D eigenvalue weighted by Gasteiger charge is 2.28. The number of rotatable bonds is 5. The fourth-order valence-corrected chi connectivity index (χ4v) is 4.79. The van der Waals surface area contributed by atoms with Gasteiger partial charge in [0.05, 0.1) is 22.4 Å². The summed E-state index contributed by atoms with van der Waals surface area (Å²) in [5.41, 5.74) is 2.08. The van der Waals surface area contributed by atoms with Crippen molar-refractivity contribution in [3.63, 3.8) is 0 Å². The van der Waals surface area contributed by atoms with Crippen LogP contribution < -0.4 is 16.2 Å². The average Bonchev–Trinajstić information content (AvgIpc) is 3.00. The summed E-state index contributed by atoms with van der Waals surface area (Å²) in [6.07, 6.45) is 4.06.